The fourth-order valence-electron chi connectivity index (χ4n) is 2.75. The molecule has 0 atom stereocenters. The van der Waals surface area contributed by atoms with Crippen molar-refractivity contribution in [1.29, 1.82) is 0 Å². The minimum absolute atomic E-state index is 0.284. The van der Waals surface area contributed by atoms with E-state index in [1.54, 1.807) is 0 Å². The molecule has 1 aliphatic rings. The van der Waals surface area contributed by atoms with Gasteiger partial charge in [-0.05, 0) is 24.6 Å². The van der Waals surface area contributed by atoms with Gasteiger partial charge < -0.3 is 9.64 Å². The van der Waals surface area contributed by atoms with E-state index in [-0.39, 0.29) is 6.10 Å². The summed E-state index contributed by atoms with van der Waals surface area (Å²) >= 11 is 0. The number of anilines is 1. The van der Waals surface area contributed by atoms with Crippen molar-refractivity contribution in [2.24, 2.45) is 0 Å². The smallest absolute Gasteiger partial charge is 0.191 e. The van der Waals surface area contributed by atoms with Crippen LogP contribution in [0.15, 0.2) is 36.4 Å². The van der Waals surface area contributed by atoms with Crippen molar-refractivity contribution in [3.05, 3.63) is 66.3 Å². The Labute approximate surface area is 133 Å². The fraction of sp³-hybridized carbons (Fsp3) is 0.278. The topological polar surface area (TPSA) is 12.5 Å². The first kappa shape index (κ1) is 15.7. The van der Waals surface area contributed by atoms with Crippen LogP contribution in [0.2, 0.25) is 0 Å². The molecule has 5 heteroatoms. The summed E-state index contributed by atoms with van der Waals surface area (Å²) in [6.07, 6.45) is 0.998. The van der Waals surface area contributed by atoms with E-state index in [0.29, 0.717) is 25.0 Å². The Morgan fingerprint density at radius 1 is 0.957 bits per heavy atom. The van der Waals surface area contributed by atoms with Gasteiger partial charge in [0, 0.05) is 43.8 Å². The zero-order valence-electron chi connectivity index (χ0n) is 12.6. The number of ether oxygens (including phenoxy) is 1. The molecule has 121 valence electrons. The zero-order valence-corrected chi connectivity index (χ0v) is 12.6. The maximum Gasteiger partial charge on any atom is 0.191 e. The molecular formula is C18H17F3NO. The van der Waals surface area contributed by atoms with Crippen LogP contribution in [0.1, 0.15) is 18.4 Å². The lowest BCUT2D eigenvalue weighted by Gasteiger charge is -2.33. The molecule has 1 heterocycles. The predicted molar refractivity (Wildman–Crippen MR) is 83.1 cm³/mol. The van der Waals surface area contributed by atoms with Crippen molar-refractivity contribution in [2.75, 3.05) is 18.0 Å². The van der Waals surface area contributed by atoms with E-state index in [2.05, 4.69) is 11.8 Å². The number of benzene rings is 2. The van der Waals surface area contributed by atoms with Crippen molar-refractivity contribution < 1.29 is 17.9 Å². The van der Waals surface area contributed by atoms with Gasteiger partial charge >= 0.3 is 0 Å². The second-order valence-electron chi connectivity index (χ2n) is 5.67. The normalized spacial score (nSPS) is 15.7. The number of rotatable bonds is 3. The lowest BCUT2D eigenvalue weighted by Crippen LogP contribution is -2.38. The van der Waals surface area contributed by atoms with E-state index in [0.717, 1.165) is 24.3 Å². The van der Waals surface area contributed by atoms with Crippen molar-refractivity contribution >= 4 is 5.69 Å². The van der Waals surface area contributed by atoms with Crippen LogP contribution < -0.4 is 9.64 Å². The van der Waals surface area contributed by atoms with Gasteiger partial charge in [-0.25, -0.2) is 13.2 Å². The van der Waals surface area contributed by atoms with Gasteiger partial charge in [0.1, 0.15) is 11.9 Å². The molecule has 0 aliphatic carbocycles. The molecule has 2 nitrogen and oxygen atoms in total. The molecule has 0 amide bonds. The molecular weight excluding hydrogens is 303 g/mol. The third kappa shape index (κ3) is 3.60. The quantitative estimate of drug-likeness (QED) is 0.834. The highest BCUT2D eigenvalue weighted by Crippen LogP contribution is 2.27. The molecule has 3 rings (SSSR count). The average molecular weight is 320 g/mol. The van der Waals surface area contributed by atoms with Gasteiger partial charge in [-0.15, -0.1) is 0 Å². The first-order valence-corrected chi connectivity index (χ1v) is 7.51. The Balaban J connectivity index is 1.62. The van der Waals surface area contributed by atoms with Gasteiger partial charge in [0.15, 0.2) is 17.4 Å². The minimum atomic E-state index is -1.00. The number of hydrogen-bond donors (Lipinski definition) is 0. The number of halogens is 3. The van der Waals surface area contributed by atoms with Gasteiger partial charge in [0.05, 0.1) is 0 Å². The molecule has 0 N–H and O–H groups in total. The van der Waals surface area contributed by atoms with Crippen LogP contribution in [0.25, 0.3) is 0 Å². The molecule has 1 fully saturated rings. The average Bonchev–Trinajstić information content (AvgIpc) is 2.52. The Hall–Kier alpha value is -2.17. The summed E-state index contributed by atoms with van der Waals surface area (Å²) in [5, 5.41) is 0. The van der Waals surface area contributed by atoms with Gasteiger partial charge in [-0.3, -0.25) is 0 Å². The van der Waals surface area contributed by atoms with E-state index >= 15 is 0 Å². The summed E-state index contributed by atoms with van der Waals surface area (Å²) in [5.41, 5.74) is 2.05. The lowest BCUT2D eigenvalue weighted by atomic mass is 10.1. The Morgan fingerprint density at radius 3 is 2.09 bits per heavy atom. The minimum Gasteiger partial charge on any atom is -0.484 e. The van der Waals surface area contributed by atoms with Crippen LogP contribution >= 0.6 is 0 Å². The molecule has 0 unspecified atom stereocenters. The molecule has 1 saturated heterocycles. The lowest BCUT2D eigenvalue weighted by molar-refractivity contribution is 0.156. The molecule has 0 aromatic heterocycles. The third-order valence-corrected chi connectivity index (χ3v) is 3.99. The third-order valence-electron chi connectivity index (χ3n) is 3.99. The molecule has 2 aromatic carbocycles. The molecule has 0 bridgehead atoms. The zero-order chi connectivity index (χ0) is 16.4. The highest BCUT2D eigenvalue weighted by molar-refractivity contribution is 5.48. The van der Waals surface area contributed by atoms with E-state index in [1.807, 2.05) is 24.3 Å². The van der Waals surface area contributed by atoms with Crippen molar-refractivity contribution in [3.63, 3.8) is 0 Å². The van der Waals surface area contributed by atoms with Crippen LogP contribution in [0.5, 0.6) is 5.75 Å². The van der Waals surface area contributed by atoms with Gasteiger partial charge in [0.2, 0.25) is 0 Å². The van der Waals surface area contributed by atoms with Gasteiger partial charge in [-0.2, -0.15) is 0 Å². The first-order chi connectivity index (χ1) is 11.0. The van der Waals surface area contributed by atoms with Crippen molar-refractivity contribution in [2.45, 2.75) is 18.9 Å². The molecule has 0 saturated carbocycles. The molecule has 0 spiro atoms. The summed E-state index contributed by atoms with van der Waals surface area (Å²) in [6, 6.07) is 9.16. The highest BCUT2D eigenvalue weighted by Gasteiger charge is 2.23. The largest absolute Gasteiger partial charge is 0.484 e. The van der Waals surface area contributed by atoms with Gasteiger partial charge in [-0.1, -0.05) is 12.1 Å². The van der Waals surface area contributed by atoms with E-state index in [9.17, 15) is 13.2 Å². The molecule has 23 heavy (non-hydrogen) atoms. The van der Waals surface area contributed by atoms with E-state index < -0.39 is 23.2 Å². The van der Waals surface area contributed by atoms with Crippen molar-refractivity contribution in [3.8, 4) is 5.75 Å². The standard InChI is InChI=1S/C18H17F3NO/c1-12-2-4-14(5-3-12)22-8-6-15(7-9-22)23-18-16(20)10-13(19)11-17(18)21/h2-5,10-11,15H,1,6-9H2. The second-order valence-corrected chi connectivity index (χ2v) is 5.67. The van der Waals surface area contributed by atoms with Crippen LogP contribution in [-0.2, 0) is 0 Å². The summed E-state index contributed by atoms with van der Waals surface area (Å²) in [5.74, 6) is -3.45. The molecule has 1 aliphatic heterocycles. The summed E-state index contributed by atoms with van der Waals surface area (Å²) in [7, 11) is 0. The van der Waals surface area contributed by atoms with E-state index in [4.69, 9.17) is 4.74 Å². The Bertz CT molecular complexity index is 656. The van der Waals surface area contributed by atoms with Crippen LogP contribution in [0, 0.1) is 24.4 Å². The van der Waals surface area contributed by atoms with Gasteiger partial charge in [0.25, 0.3) is 0 Å². The highest BCUT2D eigenvalue weighted by atomic mass is 19.1. The maximum atomic E-state index is 13.6. The predicted octanol–water partition coefficient (Wildman–Crippen LogP) is 4.33. The summed E-state index contributed by atoms with van der Waals surface area (Å²) in [6.45, 7) is 5.31. The monoisotopic (exact) mass is 320 g/mol. The first-order valence-electron chi connectivity index (χ1n) is 7.51. The van der Waals surface area contributed by atoms with Crippen LogP contribution in [0.3, 0.4) is 0 Å². The maximum absolute atomic E-state index is 13.6. The number of nitrogens with zero attached hydrogens (tertiary/aromatic N) is 1. The number of piperidine rings is 1. The van der Waals surface area contributed by atoms with Crippen LogP contribution in [0.4, 0.5) is 18.9 Å². The number of hydrogen-bond acceptors (Lipinski definition) is 2. The van der Waals surface area contributed by atoms with E-state index in [1.165, 1.54) is 0 Å². The molecule has 2 aromatic rings. The summed E-state index contributed by atoms with van der Waals surface area (Å²) in [4.78, 5) is 2.19. The summed E-state index contributed by atoms with van der Waals surface area (Å²) < 4.78 is 45.6. The second kappa shape index (κ2) is 6.52. The fourth-order valence-corrected chi connectivity index (χ4v) is 2.75. The molecule has 1 radical (unpaired) electrons. The Kier molecular flexibility index (Phi) is 4.46. The van der Waals surface area contributed by atoms with Crippen LogP contribution in [-0.4, -0.2) is 19.2 Å². The Morgan fingerprint density at radius 2 is 1.52 bits per heavy atom. The SMILES string of the molecule is [CH2]c1ccc(N2CCC(Oc3c(F)cc(F)cc3F)CC2)cc1. The van der Waals surface area contributed by atoms with Crippen molar-refractivity contribution in [1.82, 2.24) is 0 Å².